The molecule has 0 aromatic heterocycles. The number of hydrogen-bond acceptors (Lipinski definition) is 16. The lowest BCUT2D eigenvalue weighted by atomic mass is 9.65. The monoisotopic (exact) mass is 2150 g/mol. The highest BCUT2D eigenvalue weighted by molar-refractivity contribution is 4.94. The second-order valence-corrected chi connectivity index (χ2v) is 55.7. The molecule has 8 aliphatic carbocycles. The maximum absolute atomic E-state index is 9.22. The van der Waals surface area contributed by atoms with Crippen LogP contribution >= 0.6 is 0 Å². The number of aliphatic hydroxyl groups is 9. The lowest BCUT2D eigenvalue weighted by Gasteiger charge is -2.49. The van der Waals surface area contributed by atoms with Gasteiger partial charge in [0.05, 0.1) is 55.4 Å². The van der Waals surface area contributed by atoms with Crippen LogP contribution in [0.25, 0.3) is 0 Å². The Kier molecular flexibility index (Phi) is 111. The summed E-state index contributed by atoms with van der Waals surface area (Å²) in [6, 6.07) is 0.944. The topological polar surface area (TPSA) is 241 Å². The van der Waals surface area contributed by atoms with Crippen molar-refractivity contribution in [2.75, 3.05) is 107 Å². The molecule has 0 amide bonds. The quantitative estimate of drug-likeness (QED) is 0.0924. The average Bonchev–Trinajstić information content (AvgIpc) is 0.925. The van der Waals surface area contributed by atoms with Gasteiger partial charge in [-0.3, -0.25) is 0 Å². The van der Waals surface area contributed by atoms with Crippen LogP contribution in [0.2, 0.25) is 0 Å². The van der Waals surface area contributed by atoms with E-state index >= 15 is 0 Å². The standard InChI is InChI=1S/C13H25N.C10H20.C9H18O.2C8H16O.C8H18O.C7H14O3.2C7H14O.2C7H16O.C7H16.2C6H12O.2C5H10O.7C2H6/c1-13(2,3)11-9-12(10-11)14-7-5-4-6-8-14;1-10(2,3)9-7-5-4-6-8-9;1-9(2,3)8-4-6-10-7-5-8;1-8(2,3)6-4-7(9)5-6;1-7-3-5-8(9-2)6-4-7;1-8(2,3)6-4-5-7-9;1-4-2-5(3-8)7(10)6(4)9;1-7(2,3)6-4-8-5-6;1-6-2-4-7(8)5-3-6;1-7(2,3)5-6-8-4;1-7(2,3)5-4-6-8;1-6(2)7(3,4)5;1-5-3-6(2,7)4-5;1-5-2-3-6(7)4-5;2*1-5-2-3-6-4-5;7*1-2/h11-12H,4-10H2,1-3H3;9H,4-8H2,1-3H3;8H,4-7H2,1-3H3;6-7,9H,4-5H2,1-3H3;7-8H,3-6H2,1-2H3;9H,4-7H2,1-3H3;4-10H,2-3H2,1H3;6H,4-5H2,1-3H3;6-8H,2-5H2,1H3;5-6H2,1-4H3;8H,4-6H2,1-3H3;6H,1-5H3;5,7H,3-4H2,1-2H3;5-7H,2-4H2,1H3;2*5H,2-4H2,1H3;7*1-2H3/t;;;;;;4-,5-,6+,7-;;;;;;;5-,6+;2*5-;;;;;;;/m......1......010......./s1. The second-order valence-electron chi connectivity index (χ2n) is 55.7. The fourth-order valence-electron chi connectivity index (χ4n) is 18.4. The fraction of sp³-hybridized carbons (Fsp3) is 1.00. The second kappa shape index (κ2) is 97.9. The number of piperidine rings is 1. The van der Waals surface area contributed by atoms with E-state index in [2.05, 4.69) is 247 Å². The summed E-state index contributed by atoms with van der Waals surface area (Å²) in [6.07, 6.45) is 43.3. The van der Waals surface area contributed by atoms with E-state index in [4.69, 9.17) is 64.2 Å². The van der Waals surface area contributed by atoms with E-state index in [-0.39, 0.29) is 42.4 Å². The van der Waals surface area contributed by atoms with Gasteiger partial charge in [0.2, 0.25) is 0 Å². The van der Waals surface area contributed by atoms with Crippen LogP contribution in [0.4, 0.5) is 0 Å². The Labute approximate surface area is 944 Å². The van der Waals surface area contributed by atoms with Gasteiger partial charge in [-0.15, -0.1) is 0 Å². The van der Waals surface area contributed by atoms with E-state index in [0.717, 1.165) is 226 Å². The molecule has 150 heavy (non-hydrogen) atoms. The van der Waals surface area contributed by atoms with Gasteiger partial charge in [0.15, 0.2) is 0 Å². The number of nitrogens with zero attached hydrogens (tertiary/aromatic N) is 1. The molecule has 0 spiro atoms. The number of hydrogen-bond donors (Lipinski definition) is 9. The lowest BCUT2D eigenvalue weighted by molar-refractivity contribution is -0.0821. The first-order chi connectivity index (χ1) is 69.5. The molecule has 16 nitrogen and oxygen atoms in total. The van der Waals surface area contributed by atoms with Gasteiger partial charge in [-0.05, 0) is 339 Å². The third-order valence-electron chi connectivity index (χ3n) is 31.1. The van der Waals surface area contributed by atoms with E-state index < -0.39 is 12.2 Å². The van der Waals surface area contributed by atoms with Crippen LogP contribution in [0.3, 0.4) is 0 Å². The number of unbranched alkanes of at least 4 members (excludes halogenated alkanes) is 1. The normalized spacial score (nSPS) is 27.3. The molecule has 0 radical (unpaired) electrons. The summed E-state index contributed by atoms with van der Waals surface area (Å²) < 4.78 is 30.6. The smallest absolute Gasteiger partial charge is 0.0851 e. The number of likely N-dealkylation sites (tertiary alicyclic amines) is 1. The number of ether oxygens (including phenoxy) is 6. The van der Waals surface area contributed by atoms with Crippen molar-refractivity contribution in [1.29, 1.82) is 0 Å². The summed E-state index contributed by atoms with van der Waals surface area (Å²) in [5, 5.41) is 80.0. The highest BCUT2D eigenvalue weighted by atomic mass is 16.5. The molecule has 8 atom stereocenters. The molecular weight excluding hydrogens is 1860 g/mol. The predicted octanol–water partition coefficient (Wildman–Crippen LogP) is 36.3. The molecule has 5 saturated heterocycles. The predicted molar refractivity (Wildman–Crippen MR) is 664 cm³/mol. The van der Waals surface area contributed by atoms with Gasteiger partial charge in [-0.2, -0.15) is 0 Å². The molecule has 0 aromatic rings. The van der Waals surface area contributed by atoms with Crippen LogP contribution in [0.1, 0.15) is 584 Å². The van der Waals surface area contributed by atoms with Gasteiger partial charge in [-0.1, -0.05) is 378 Å². The van der Waals surface area contributed by atoms with Crippen LogP contribution in [-0.4, -0.2) is 206 Å². The molecule has 0 aromatic carbocycles. The van der Waals surface area contributed by atoms with E-state index in [1.807, 2.05) is 118 Å². The van der Waals surface area contributed by atoms with Crippen molar-refractivity contribution in [3.8, 4) is 0 Å². The molecule has 5 aliphatic heterocycles. The molecule has 13 fully saturated rings. The zero-order valence-corrected chi connectivity index (χ0v) is 112. The van der Waals surface area contributed by atoms with Crippen molar-refractivity contribution in [2.24, 2.45) is 132 Å². The first-order valence-electron chi connectivity index (χ1n) is 63.5. The van der Waals surface area contributed by atoms with Crippen LogP contribution < -0.4 is 0 Å². The van der Waals surface area contributed by atoms with Crippen LogP contribution in [0, 0.1) is 132 Å². The highest BCUT2D eigenvalue weighted by Gasteiger charge is 2.42. The van der Waals surface area contributed by atoms with Gasteiger partial charge < -0.3 is 79.3 Å². The molecule has 16 heteroatoms. The summed E-state index contributed by atoms with van der Waals surface area (Å²) in [5.74, 6) is 10.2. The average molecular weight is 2150 g/mol. The summed E-state index contributed by atoms with van der Waals surface area (Å²) in [4.78, 5) is 2.74. The molecule has 9 N–H and O–H groups in total. The maximum Gasteiger partial charge on any atom is 0.0851 e. The van der Waals surface area contributed by atoms with Crippen molar-refractivity contribution in [1.82, 2.24) is 4.90 Å². The SMILES string of the molecule is CC.CC.CC.CC.CC.CC.CC.CC(C)(C)C1CC(N2CCCCC2)C1.CC(C)(C)C1CC(O)C1.CC(C)(C)C1CCCCC1.CC(C)(C)C1CCOCC1.CC(C)(C)C1COC1.CC(C)(C)CCCCO.CC(C)(C)CCCO.CC(C)C(C)(C)C.CC1CC(C)(O)C1.CC1CCC(O)CC1.COC1CCC(C)CC1.COCCC(C)(C)C.C[C@@H]1CCOC1.C[C@@H]1C[C@H](CO)[C@@H](O)[C@H]1O.C[C@H]1CCOC1.C[C@H]1CC[C@@H](O)C1. The minimum absolute atomic E-state index is 0.00854. The van der Waals surface area contributed by atoms with Gasteiger partial charge in [0, 0.05) is 98.2 Å². The summed E-state index contributed by atoms with van der Waals surface area (Å²) in [6.45, 7) is 123. The van der Waals surface area contributed by atoms with E-state index in [1.165, 1.54) is 154 Å². The first kappa shape index (κ1) is 169. The Morgan fingerprint density at radius 3 is 0.867 bits per heavy atom. The molecular formula is C134H289NO15. The Hall–Kier alpha value is -0.640. The van der Waals surface area contributed by atoms with E-state index in [9.17, 15) is 10.2 Å². The molecule has 920 valence electrons. The summed E-state index contributed by atoms with van der Waals surface area (Å²) in [7, 11) is 3.56. The number of rotatable bonds is 10. The minimum atomic E-state index is -0.722. The molecule has 13 rings (SSSR count). The van der Waals surface area contributed by atoms with Gasteiger partial charge in [0.25, 0.3) is 0 Å². The summed E-state index contributed by atoms with van der Waals surface area (Å²) in [5.41, 5.74) is 3.95. The minimum Gasteiger partial charge on any atom is -0.396 e. The van der Waals surface area contributed by atoms with Crippen molar-refractivity contribution in [2.45, 2.75) is 633 Å². The molecule has 0 bridgehead atoms. The Morgan fingerprint density at radius 2 is 0.673 bits per heavy atom. The van der Waals surface area contributed by atoms with Crippen LogP contribution in [0.15, 0.2) is 0 Å². The van der Waals surface area contributed by atoms with Crippen molar-refractivity contribution < 1.29 is 74.4 Å². The summed E-state index contributed by atoms with van der Waals surface area (Å²) >= 11 is 0. The van der Waals surface area contributed by atoms with Crippen LogP contribution in [-0.2, 0) is 28.4 Å². The largest absolute Gasteiger partial charge is 0.396 e. The van der Waals surface area contributed by atoms with Crippen molar-refractivity contribution in [3.63, 3.8) is 0 Å². The van der Waals surface area contributed by atoms with Crippen molar-refractivity contribution >= 4 is 0 Å². The fourth-order valence-corrected chi connectivity index (χ4v) is 18.4. The zero-order valence-electron chi connectivity index (χ0n) is 112. The molecule has 0 unspecified atom stereocenters. The van der Waals surface area contributed by atoms with E-state index in [1.54, 1.807) is 7.11 Å². The maximum atomic E-state index is 9.22. The Bertz CT molecular complexity index is 2570. The Balaban J connectivity index is -0.000000173. The molecule has 5 heterocycles. The zero-order chi connectivity index (χ0) is 119. The highest BCUT2D eigenvalue weighted by Crippen LogP contribution is 2.46. The van der Waals surface area contributed by atoms with E-state index in [0.29, 0.717) is 68.1 Å². The van der Waals surface area contributed by atoms with Gasteiger partial charge >= 0.3 is 0 Å². The number of methoxy groups -OCH3 is 2. The lowest BCUT2D eigenvalue weighted by Crippen LogP contribution is -2.49. The van der Waals surface area contributed by atoms with Crippen molar-refractivity contribution in [3.05, 3.63) is 0 Å². The third kappa shape index (κ3) is 104. The van der Waals surface area contributed by atoms with Crippen LogP contribution in [0.5, 0.6) is 0 Å². The molecule has 13 aliphatic rings. The molecule has 8 saturated carbocycles. The van der Waals surface area contributed by atoms with Gasteiger partial charge in [0.1, 0.15) is 0 Å². The number of aliphatic hydroxyl groups excluding tert-OH is 8. The first-order valence-corrected chi connectivity index (χ1v) is 63.5. The van der Waals surface area contributed by atoms with Gasteiger partial charge in [-0.25, -0.2) is 0 Å². The third-order valence-corrected chi connectivity index (χ3v) is 31.1. The Morgan fingerprint density at radius 1 is 0.327 bits per heavy atom.